The lowest BCUT2D eigenvalue weighted by Crippen LogP contribution is -2.35. The molecule has 1 amide bonds. The van der Waals surface area contributed by atoms with Gasteiger partial charge in [0.1, 0.15) is 5.69 Å². The van der Waals surface area contributed by atoms with Crippen LogP contribution in [0, 0.1) is 0 Å². The highest BCUT2D eigenvalue weighted by molar-refractivity contribution is 5.92. The van der Waals surface area contributed by atoms with Gasteiger partial charge < -0.3 is 14.6 Å². The highest BCUT2D eigenvalue weighted by Gasteiger charge is 2.23. The molecule has 0 fully saturated rings. The lowest BCUT2D eigenvalue weighted by atomic mass is 10.0. The van der Waals surface area contributed by atoms with Gasteiger partial charge >= 0.3 is 0 Å². The number of rotatable bonds is 5. The fourth-order valence-corrected chi connectivity index (χ4v) is 2.48. The van der Waals surface area contributed by atoms with Crippen molar-refractivity contribution in [3.05, 3.63) is 70.1 Å². The lowest BCUT2D eigenvalue weighted by Gasteiger charge is -2.28. The number of hydrogen-bond acceptors (Lipinski definition) is 3. The number of pyridine rings is 1. The van der Waals surface area contributed by atoms with Crippen LogP contribution in [0.3, 0.4) is 0 Å². The molecule has 0 aliphatic rings. The molecule has 0 saturated carbocycles. The summed E-state index contributed by atoms with van der Waals surface area (Å²) >= 11 is 0. The van der Waals surface area contributed by atoms with Crippen molar-refractivity contribution in [1.29, 1.82) is 0 Å². The molecule has 1 heterocycles. The summed E-state index contributed by atoms with van der Waals surface area (Å²) in [5, 5.41) is 9.30. The monoisotopic (exact) mass is 300 g/mol. The third-order valence-electron chi connectivity index (χ3n) is 3.78. The Kier molecular flexibility index (Phi) is 5.12. The molecule has 5 nitrogen and oxygen atoms in total. The van der Waals surface area contributed by atoms with Crippen LogP contribution in [-0.2, 0) is 7.05 Å². The number of aromatic nitrogens is 1. The van der Waals surface area contributed by atoms with Gasteiger partial charge in [-0.3, -0.25) is 9.59 Å². The van der Waals surface area contributed by atoms with E-state index in [1.54, 1.807) is 31.1 Å². The first-order valence-electron chi connectivity index (χ1n) is 7.15. The first-order chi connectivity index (χ1) is 10.6. The van der Waals surface area contributed by atoms with Gasteiger partial charge in [-0.05, 0) is 18.1 Å². The molecule has 0 aliphatic carbocycles. The van der Waals surface area contributed by atoms with Gasteiger partial charge in [-0.25, -0.2) is 0 Å². The maximum absolute atomic E-state index is 12.7. The molecule has 1 aromatic carbocycles. The Bertz CT molecular complexity index is 695. The minimum absolute atomic E-state index is 0.0229. The second kappa shape index (κ2) is 7.04. The third kappa shape index (κ3) is 3.26. The second-order valence-corrected chi connectivity index (χ2v) is 5.16. The third-order valence-corrected chi connectivity index (χ3v) is 3.78. The fraction of sp³-hybridized carbons (Fsp3) is 0.294. The van der Waals surface area contributed by atoms with Crippen LogP contribution < -0.4 is 5.56 Å². The first-order valence-corrected chi connectivity index (χ1v) is 7.15. The van der Waals surface area contributed by atoms with Crippen LogP contribution in [0.5, 0.6) is 0 Å². The molecule has 1 unspecified atom stereocenters. The van der Waals surface area contributed by atoms with E-state index in [4.69, 9.17) is 0 Å². The minimum Gasteiger partial charge on any atom is -0.396 e. The normalized spacial score (nSPS) is 12.0. The summed E-state index contributed by atoms with van der Waals surface area (Å²) in [6.45, 7) is -0.0229. The van der Waals surface area contributed by atoms with E-state index in [2.05, 4.69) is 0 Å². The number of hydrogen-bond donors (Lipinski definition) is 1. The quantitative estimate of drug-likeness (QED) is 0.912. The van der Waals surface area contributed by atoms with Crippen molar-refractivity contribution < 1.29 is 9.90 Å². The average Bonchev–Trinajstić information content (AvgIpc) is 2.55. The zero-order valence-corrected chi connectivity index (χ0v) is 12.8. The number of carbonyl (C=O) groups excluding carboxylic acids is 1. The molecule has 22 heavy (non-hydrogen) atoms. The average molecular weight is 300 g/mol. The molecule has 1 N–H and O–H groups in total. The molecular formula is C17H20N2O3. The fourth-order valence-electron chi connectivity index (χ4n) is 2.48. The largest absolute Gasteiger partial charge is 0.396 e. The van der Waals surface area contributed by atoms with E-state index >= 15 is 0 Å². The molecule has 2 rings (SSSR count). The lowest BCUT2D eigenvalue weighted by molar-refractivity contribution is 0.0694. The van der Waals surface area contributed by atoms with Crippen molar-refractivity contribution in [2.45, 2.75) is 12.5 Å². The molecule has 116 valence electrons. The SMILES string of the molecule is CN(C(=O)c1cccc(=O)n1C)C(CCO)c1ccccc1. The topological polar surface area (TPSA) is 62.5 Å². The van der Waals surface area contributed by atoms with E-state index in [0.717, 1.165) is 5.56 Å². The molecule has 0 saturated heterocycles. The van der Waals surface area contributed by atoms with Gasteiger partial charge in [-0.2, -0.15) is 0 Å². The molecule has 0 bridgehead atoms. The molecule has 1 atom stereocenters. The highest BCUT2D eigenvalue weighted by Crippen LogP contribution is 2.24. The molecule has 5 heteroatoms. The van der Waals surface area contributed by atoms with Crippen LogP contribution in [0.4, 0.5) is 0 Å². The predicted molar refractivity (Wildman–Crippen MR) is 84.7 cm³/mol. The van der Waals surface area contributed by atoms with Crippen LogP contribution >= 0.6 is 0 Å². The summed E-state index contributed by atoms with van der Waals surface area (Å²) < 4.78 is 1.33. The Hall–Kier alpha value is -2.40. The number of nitrogens with zero attached hydrogens (tertiary/aromatic N) is 2. The van der Waals surface area contributed by atoms with Gasteiger partial charge in [-0.15, -0.1) is 0 Å². The summed E-state index contributed by atoms with van der Waals surface area (Å²) in [4.78, 5) is 25.9. The zero-order chi connectivity index (χ0) is 16.1. The molecule has 0 aliphatic heterocycles. The van der Waals surface area contributed by atoms with Gasteiger partial charge in [0.25, 0.3) is 11.5 Å². The van der Waals surface area contributed by atoms with Gasteiger partial charge in [-0.1, -0.05) is 36.4 Å². The minimum atomic E-state index is -0.248. The van der Waals surface area contributed by atoms with E-state index in [1.807, 2.05) is 30.3 Å². The van der Waals surface area contributed by atoms with Crippen LogP contribution in [0.25, 0.3) is 0 Å². The number of carbonyl (C=O) groups is 1. The van der Waals surface area contributed by atoms with Crippen molar-refractivity contribution in [2.75, 3.05) is 13.7 Å². The zero-order valence-electron chi connectivity index (χ0n) is 12.8. The Labute approximate surface area is 129 Å². The number of aliphatic hydroxyl groups excluding tert-OH is 1. The van der Waals surface area contributed by atoms with E-state index in [0.29, 0.717) is 12.1 Å². The summed E-state index contributed by atoms with van der Waals surface area (Å²) in [6, 6.07) is 13.9. The van der Waals surface area contributed by atoms with E-state index in [1.165, 1.54) is 10.6 Å². The number of amides is 1. The van der Waals surface area contributed by atoms with Gasteiger partial charge in [0.15, 0.2) is 0 Å². The van der Waals surface area contributed by atoms with Gasteiger partial charge in [0, 0.05) is 26.8 Å². The smallest absolute Gasteiger partial charge is 0.270 e. The maximum atomic E-state index is 12.7. The van der Waals surface area contributed by atoms with E-state index in [9.17, 15) is 14.7 Å². The van der Waals surface area contributed by atoms with Gasteiger partial charge in [0.2, 0.25) is 0 Å². The molecule has 1 aromatic heterocycles. The van der Waals surface area contributed by atoms with Crippen molar-refractivity contribution in [3.63, 3.8) is 0 Å². The Morgan fingerprint density at radius 3 is 2.50 bits per heavy atom. The summed E-state index contributed by atoms with van der Waals surface area (Å²) in [5.74, 6) is -0.248. The van der Waals surface area contributed by atoms with Crippen LogP contribution in [-0.4, -0.2) is 34.1 Å². The number of benzene rings is 1. The summed E-state index contributed by atoms with van der Waals surface area (Å²) in [6.07, 6.45) is 0.438. The van der Waals surface area contributed by atoms with Crippen LogP contribution in [0.2, 0.25) is 0 Å². The second-order valence-electron chi connectivity index (χ2n) is 5.16. The van der Waals surface area contributed by atoms with Crippen molar-refractivity contribution in [2.24, 2.45) is 7.05 Å². The van der Waals surface area contributed by atoms with Gasteiger partial charge in [0.05, 0.1) is 6.04 Å². The van der Waals surface area contributed by atoms with E-state index < -0.39 is 0 Å². The Morgan fingerprint density at radius 1 is 1.18 bits per heavy atom. The standard InChI is InChI=1S/C17H20N2O3/c1-18-15(9-6-10-16(18)21)17(22)19(2)14(11-12-20)13-7-4-3-5-8-13/h3-10,14,20H,11-12H2,1-2H3. The van der Waals surface area contributed by atoms with Crippen LogP contribution in [0.15, 0.2) is 53.3 Å². The van der Waals surface area contributed by atoms with Crippen molar-refractivity contribution in [1.82, 2.24) is 9.47 Å². The highest BCUT2D eigenvalue weighted by atomic mass is 16.3. The Morgan fingerprint density at radius 2 is 1.86 bits per heavy atom. The number of aliphatic hydroxyl groups is 1. The Balaban J connectivity index is 2.34. The van der Waals surface area contributed by atoms with Crippen molar-refractivity contribution >= 4 is 5.91 Å². The predicted octanol–water partition coefficient (Wildman–Crippen LogP) is 1.58. The maximum Gasteiger partial charge on any atom is 0.270 e. The first kappa shape index (κ1) is 16.0. The van der Waals surface area contributed by atoms with Crippen LogP contribution in [0.1, 0.15) is 28.5 Å². The molecule has 0 radical (unpaired) electrons. The summed E-state index contributed by atoms with van der Waals surface area (Å²) in [7, 11) is 3.26. The van der Waals surface area contributed by atoms with Crippen molar-refractivity contribution in [3.8, 4) is 0 Å². The molecule has 2 aromatic rings. The van der Waals surface area contributed by atoms with E-state index in [-0.39, 0.29) is 24.1 Å². The molecule has 0 spiro atoms. The summed E-state index contributed by atoms with van der Waals surface area (Å²) in [5.41, 5.74) is 1.06. The molecular weight excluding hydrogens is 280 g/mol.